The summed E-state index contributed by atoms with van der Waals surface area (Å²) in [6.07, 6.45) is 1.32. The van der Waals surface area contributed by atoms with Crippen molar-refractivity contribution in [2.24, 2.45) is 0 Å². The maximum absolute atomic E-state index is 12.4. The van der Waals surface area contributed by atoms with E-state index in [0.29, 0.717) is 12.1 Å². The Balaban J connectivity index is 2.28. The second kappa shape index (κ2) is 7.71. The van der Waals surface area contributed by atoms with Crippen molar-refractivity contribution in [1.82, 2.24) is 4.90 Å². The summed E-state index contributed by atoms with van der Waals surface area (Å²) in [5.74, 6) is -0.630. The van der Waals surface area contributed by atoms with Gasteiger partial charge in [-0.3, -0.25) is 9.59 Å². The quantitative estimate of drug-likeness (QED) is 0.483. The van der Waals surface area contributed by atoms with Crippen LogP contribution in [0.1, 0.15) is 22.8 Å². The molecule has 0 aromatic heterocycles. The summed E-state index contributed by atoms with van der Waals surface area (Å²) in [6.45, 7) is 1.71. The van der Waals surface area contributed by atoms with E-state index in [1.54, 1.807) is 30.3 Å². The van der Waals surface area contributed by atoms with Crippen LogP contribution in [0.4, 0.5) is 0 Å². The van der Waals surface area contributed by atoms with E-state index in [4.69, 9.17) is 0 Å². The minimum Gasteiger partial charge on any atom is -0.313 e. The highest BCUT2D eigenvalue weighted by Crippen LogP contribution is 2.11. The molecule has 0 heterocycles. The van der Waals surface area contributed by atoms with Crippen LogP contribution in [0.5, 0.6) is 0 Å². The molecule has 0 spiro atoms. The minimum atomic E-state index is -0.396. The van der Waals surface area contributed by atoms with Gasteiger partial charge in [0.1, 0.15) is 11.6 Å². The molecule has 2 aromatic carbocycles. The Morgan fingerprint density at radius 1 is 1.04 bits per heavy atom. The predicted molar refractivity (Wildman–Crippen MR) is 87.1 cm³/mol. The van der Waals surface area contributed by atoms with E-state index in [9.17, 15) is 14.9 Å². The minimum absolute atomic E-state index is 0.0673. The number of allylic oxidation sites excluding steroid dienone is 1. The molecule has 0 saturated carbocycles. The predicted octanol–water partition coefficient (Wildman–Crippen LogP) is 3.33. The number of carbonyl (C=O) groups excluding carboxylic acids is 2. The fraction of sp³-hybridized carbons (Fsp3) is 0.105. The molecule has 0 N–H and O–H groups in total. The van der Waals surface area contributed by atoms with Crippen molar-refractivity contribution in [3.05, 3.63) is 83.6 Å². The Bertz CT molecular complexity index is 759. The molecule has 0 fully saturated rings. The van der Waals surface area contributed by atoms with Crippen LogP contribution in [0.25, 0.3) is 0 Å². The smallest absolute Gasteiger partial charge is 0.223 e. The highest BCUT2D eigenvalue weighted by Gasteiger charge is 2.15. The molecule has 0 aliphatic heterocycles. The summed E-state index contributed by atoms with van der Waals surface area (Å²) in [5, 5.41) is 9.28. The lowest BCUT2D eigenvalue weighted by molar-refractivity contribution is -0.126. The number of hydrogen-bond acceptors (Lipinski definition) is 3. The molecule has 0 aliphatic rings. The summed E-state index contributed by atoms with van der Waals surface area (Å²) in [6, 6.07) is 19.8. The van der Waals surface area contributed by atoms with Crippen LogP contribution in [-0.4, -0.2) is 16.6 Å². The summed E-state index contributed by atoms with van der Waals surface area (Å²) < 4.78 is 0. The molecular formula is C19H16N2O2. The van der Waals surface area contributed by atoms with Gasteiger partial charge in [0.15, 0.2) is 0 Å². The zero-order chi connectivity index (χ0) is 16.7. The lowest BCUT2D eigenvalue weighted by Crippen LogP contribution is -2.23. The number of amides is 1. The fourth-order valence-electron chi connectivity index (χ4n) is 2.07. The van der Waals surface area contributed by atoms with Crippen LogP contribution in [0.15, 0.2) is 72.4 Å². The summed E-state index contributed by atoms with van der Waals surface area (Å²) in [7, 11) is 0. The van der Waals surface area contributed by atoms with Crippen molar-refractivity contribution < 1.29 is 9.59 Å². The Hall–Kier alpha value is -3.19. The van der Waals surface area contributed by atoms with Crippen LogP contribution in [0.2, 0.25) is 0 Å². The Morgan fingerprint density at radius 2 is 1.61 bits per heavy atom. The number of nitrogens with zero attached hydrogens (tertiary/aromatic N) is 2. The average Bonchev–Trinajstić information content (AvgIpc) is 2.59. The van der Waals surface area contributed by atoms with Crippen LogP contribution in [-0.2, 0) is 11.3 Å². The number of hydrogen-bond donors (Lipinski definition) is 0. The van der Waals surface area contributed by atoms with Crippen molar-refractivity contribution in [1.29, 1.82) is 5.26 Å². The Labute approximate surface area is 135 Å². The number of Topliss-reactive ketones (excluding diaryl/α,β-unsaturated/α-hetero) is 1. The van der Waals surface area contributed by atoms with Crippen molar-refractivity contribution in [2.75, 3.05) is 0 Å². The third-order valence-electron chi connectivity index (χ3n) is 3.29. The van der Waals surface area contributed by atoms with E-state index in [1.807, 2.05) is 36.4 Å². The zero-order valence-corrected chi connectivity index (χ0v) is 12.8. The van der Waals surface area contributed by atoms with Gasteiger partial charge in [0, 0.05) is 18.7 Å². The first kappa shape index (κ1) is 16.2. The SMILES string of the molecule is CC(=O)N(C=C(C#N)C(=O)c1ccccc1)Cc1ccccc1. The molecule has 2 rings (SSSR count). The topological polar surface area (TPSA) is 61.2 Å². The number of nitriles is 1. The molecule has 0 aliphatic carbocycles. The van der Waals surface area contributed by atoms with Gasteiger partial charge in [-0.2, -0.15) is 5.26 Å². The molecule has 0 atom stereocenters. The van der Waals surface area contributed by atoms with Gasteiger partial charge in [0.05, 0.1) is 6.54 Å². The van der Waals surface area contributed by atoms with Gasteiger partial charge in [-0.25, -0.2) is 0 Å². The van der Waals surface area contributed by atoms with Crippen LogP contribution in [0.3, 0.4) is 0 Å². The molecule has 0 radical (unpaired) electrons. The van der Waals surface area contributed by atoms with Crippen molar-refractivity contribution in [2.45, 2.75) is 13.5 Å². The van der Waals surface area contributed by atoms with Gasteiger partial charge < -0.3 is 4.90 Å². The van der Waals surface area contributed by atoms with Crippen molar-refractivity contribution >= 4 is 11.7 Å². The largest absolute Gasteiger partial charge is 0.313 e. The molecule has 4 heteroatoms. The van der Waals surface area contributed by atoms with E-state index >= 15 is 0 Å². The van der Waals surface area contributed by atoms with Crippen LogP contribution >= 0.6 is 0 Å². The molecule has 23 heavy (non-hydrogen) atoms. The standard InChI is InChI=1S/C19H16N2O2/c1-15(22)21(13-16-8-4-2-5-9-16)14-18(12-20)19(23)17-10-6-3-7-11-17/h2-11,14H,13H2,1H3. The van der Waals surface area contributed by atoms with E-state index in [0.717, 1.165) is 5.56 Å². The first-order valence-corrected chi connectivity index (χ1v) is 7.14. The van der Waals surface area contributed by atoms with Gasteiger partial charge >= 0.3 is 0 Å². The van der Waals surface area contributed by atoms with Crippen molar-refractivity contribution in [3.63, 3.8) is 0 Å². The summed E-state index contributed by atoms with van der Waals surface area (Å²) >= 11 is 0. The molecule has 1 amide bonds. The third kappa shape index (κ3) is 4.39. The van der Waals surface area contributed by atoms with Gasteiger partial charge in [-0.1, -0.05) is 60.7 Å². The van der Waals surface area contributed by atoms with Gasteiger partial charge in [0.2, 0.25) is 11.7 Å². The maximum atomic E-state index is 12.4. The fourth-order valence-corrected chi connectivity index (χ4v) is 2.07. The van der Waals surface area contributed by atoms with E-state index in [2.05, 4.69) is 0 Å². The molecule has 4 nitrogen and oxygen atoms in total. The highest BCUT2D eigenvalue weighted by atomic mass is 16.2. The molecule has 0 saturated heterocycles. The lowest BCUT2D eigenvalue weighted by Gasteiger charge is -2.17. The molecule has 0 bridgehead atoms. The zero-order valence-electron chi connectivity index (χ0n) is 12.8. The second-order valence-electron chi connectivity index (χ2n) is 4.98. The number of carbonyl (C=O) groups is 2. The van der Waals surface area contributed by atoms with E-state index in [-0.39, 0.29) is 11.5 Å². The highest BCUT2D eigenvalue weighted by molar-refractivity contribution is 6.11. The van der Waals surface area contributed by atoms with Gasteiger partial charge in [-0.15, -0.1) is 0 Å². The van der Waals surface area contributed by atoms with E-state index in [1.165, 1.54) is 18.0 Å². The molecular weight excluding hydrogens is 288 g/mol. The van der Waals surface area contributed by atoms with Crippen LogP contribution < -0.4 is 0 Å². The normalized spacial score (nSPS) is 10.7. The lowest BCUT2D eigenvalue weighted by atomic mass is 10.1. The van der Waals surface area contributed by atoms with Gasteiger partial charge in [-0.05, 0) is 5.56 Å². The number of rotatable bonds is 5. The Morgan fingerprint density at radius 3 is 2.13 bits per heavy atom. The van der Waals surface area contributed by atoms with Gasteiger partial charge in [0.25, 0.3) is 0 Å². The molecule has 0 unspecified atom stereocenters. The average molecular weight is 304 g/mol. The van der Waals surface area contributed by atoms with Crippen molar-refractivity contribution in [3.8, 4) is 6.07 Å². The molecule has 114 valence electrons. The third-order valence-corrected chi connectivity index (χ3v) is 3.29. The second-order valence-corrected chi connectivity index (χ2v) is 4.98. The first-order valence-electron chi connectivity index (χ1n) is 7.14. The Kier molecular flexibility index (Phi) is 5.43. The maximum Gasteiger partial charge on any atom is 0.223 e. The summed E-state index contributed by atoms with van der Waals surface area (Å²) in [5.41, 5.74) is 1.27. The van der Waals surface area contributed by atoms with Crippen LogP contribution in [0, 0.1) is 11.3 Å². The first-order chi connectivity index (χ1) is 11.1. The number of benzene rings is 2. The monoisotopic (exact) mass is 304 g/mol. The molecule has 2 aromatic rings. The summed E-state index contributed by atoms with van der Waals surface area (Å²) in [4.78, 5) is 25.5. The van der Waals surface area contributed by atoms with E-state index < -0.39 is 5.78 Å². The number of ketones is 1.